The zero-order valence-electron chi connectivity index (χ0n) is 7.27. The molecule has 0 bridgehead atoms. The van der Waals surface area contributed by atoms with E-state index < -0.39 is 0 Å². The lowest BCUT2D eigenvalue weighted by Gasteiger charge is -2.12. The monoisotopic (exact) mass is 200 g/mol. The van der Waals surface area contributed by atoms with Crippen LogP contribution in [0.1, 0.15) is 19.8 Å². The Morgan fingerprint density at radius 1 is 1.62 bits per heavy atom. The Hall–Kier alpha value is -0.830. The van der Waals surface area contributed by atoms with E-state index in [9.17, 15) is 4.39 Å². The van der Waals surface area contributed by atoms with E-state index in [1.807, 2.05) is 6.92 Å². The van der Waals surface area contributed by atoms with E-state index in [0.29, 0.717) is 10.8 Å². The SMILES string of the molecule is CC1(Nc2ncc(Cl)cc2F)CC1. The lowest BCUT2D eigenvalue weighted by Crippen LogP contribution is -2.17. The Morgan fingerprint density at radius 2 is 2.31 bits per heavy atom. The predicted octanol–water partition coefficient (Wildman–Crippen LogP) is 2.84. The first-order valence-electron chi connectivity index (χ1n) is 4.18. The summed E-state index contributed by atoms with van der Waals surface area (Å²) in [5.41, 5.74) is 0.0433. The van der Waals surface area contributed by atoms with Crippen LogP contribution in [0.4, 0.5) is 10.2 Å². The van der Waals surface area contributed by atoms with E-state index in [1.54, 1.807) is 0 Å². The molecule has 1 N–H and O–H groups in total. The fourth-order valence-electron chi connectivity index (χ4n) is 1.10. The van der Waals surface area contributed by atoms with Crippen molar-refractivity contribution in [2.24, 2.45) is 0 Å². The van der Waals surface area contributed by atoms with Crippen LogP contribution in [-0.4, -0.2) is 10.5 Å². The Bertz CT molecular complexity index is 336. The first-order chi connectivity index (χ1) is 6.09. The average Bonchev–Trinajstić information content (AvgIpc) is 2.75. The molecule has 2 nitrogen and oxygen atoms in total. The number of nitrogens with one attached hydrogen (secondary N) is 1. The second-order valence-corrected chi connectivity index (χ2v) is 4.11. The highest BCUT2D eigenvalue weighted by Gasteiger charge is 2.37. The zero-order chi connectivity index (χ0) is 9.47. The molecule has 4 heteroatoms. The second-order valence-electron chi connectivity index (χ2n) is 3.67. The summed E-state index contributed by atoms with van der Waals surface area (Å²) >= 11 is 5.57. The Balaban J connectivity index is 2.20. The van der Waals surface area contributed by atoms with E-state index in [0.717, 1.165) is 12.8 Å². The summed E-state index contributed by atoms with van der Waals surface area (Å²) in [5.74, 6) is -0.0926. The molecule has 1 aliphatic carbocycles. The van der Waals surface area contributed by atoms with Crippen molar-refractivity contribution in [3.8, 4) is 0 Å². The number of halogens is 2. The zero-order valence-corrected chi connectivity index (χ0v) is 8.03. The third kappa shape index (κ3) is 1.91. The Morgan fingerprint density at radius 3 is 2.85 bits per heavy atom. The molecule has 0 aliphatic heterocycles. The van der Waals surface area contributed by atoms with Gasteiger partial charge in [0.2, 0.25) is 0 Å². The van der Waals surface area contributed by atoms with Gasteiger partial charge in [-0.25, -0.2) is 9.37 Å². The molecular formula is C9H10ClFN2. The molecule has 1 aromatic heterocycles. The van der Waals surface area contributed by atoms with E-state index in [4.69, 9.17) is 11.6 Å². The minimum Gasteiger partial charge on any atom is -0.362 e. The second kappa shape index (κ2) is 2.84. The summed E-state index contributed by atoms with van der Waals surface area (Å²) in [6, 6.07) is 1.27. The van der Waals surface area contributed by atoms with Gasteiger partial charge >= 0.3 is 0 Å². The van der Waals surface area contributed by atoms with Gasteiger partial charge in [-0.15, -0.1) is 0 Å². The lowest BCUT2D eigenvalue weighted by molar-refractivity contribution is 0.619. The van der Waals surface area contributed by atoms with Crippen LogP contribution in [0.3, 0.4) is 0 Å². The van der Waals surface area contributed by atoms with Gasteiger partial charge in [-0.2, -0.15) is 0 Å². The van der Waals surface area contributed by atoms with Gasteiger partial charge in [0.05, 0.1) is 5.02 Å². The maximum absolute atomic E-state index is 13.2. The molecule has 0 radical (unpaired) electrons. The summed E-state index contributed by atoms with van der Waals surface area (Å²) in [4.78, 5) is 3.89. The molecule has 0 atom stereocenters. The Kier molecular flexibility index (Phi) is 1.91. The van der Waals surface area contributed by atoms with Crippen LogP contribution in [0, 0.1) is 5.82 Å². The minimum absolute atomic E-state index is 0.0433. The third-order valence-corrected chi connectivity index (χ3v) is 2.43. The molecule has 0 spiro atoms. The maximum atomic E-state index is 13.2. The number of aromatic nitrogens is 1. The van der Waals surface area contributed by atoms with Crippen molar-refractivity contribution < 1.29 is 4.39 Å². The summed E-state index contributed by atoms with van der Waals surface area (Å²) in [7, 11) is 0. The molecule has 1 heterocycles. The quantitative estimate of drug-likeness (QED) is 0.794. The summed E-state index contributed by atoms with van der Waals surface area (Å²) < 4.78 is 13.2. The maximum Gasteiger partial charge on any atom is 0.166 e. The highest BCUT2D eigenvalue weighted by atomic mass is 35.5. The number of rotatable bonds is 2. The average molecular weight is 201 g/mol. The van der Waals surface area contributed by atoms with Crippen molar-refractivity contribution in [3.05, 3.63) is 23.1 Å². The molecule has 1 aromatic rings. The van der Waals surface area contributed by atoms with E-state index in [2.05, 4.69) is 10.3 Å². The van der Waals surface area contributed by atoms with Gasteiger partial charge in [0.15, 0.2) is 11.6 Å². The van der Waals surface area contributed by atoms with Crippen LogP contribution < -0.4 is 5.32 Å². The Labute approximate surface area is 81.1 Å². The van der Waals surface area contributed by atoms with Crippen molar-refractivity contribution in [1.82, 2.24) is 4.98 Å². The highest BCUT2D eigenvalue weighted by molar-refractivity contribution is 6.30. The first-order valence-corrected chi connectivity index (χ1v) is 4.56. The molecule has 1 fully saturated rings. The van der Waals surface area contributed by atoms with Gasteiger partial charge in [0.25, 0.3) is 0 Å². The summed E-state index contributed by atoms with van der Waals surface area (Å²) in [6.07, 6.45) is 3.58. The first kappa shape index (κ1) is 8.75. The van der Waals surface area contributed by atoms with Gasteiger partial charge < -0.3 is 5.32 Å². The molecule has 0 amide bonds. The van der Waals surface area contributed by atoms with Crippen LogP contribution in [0.15, 0.2) is 12.3 Å². The summed E-state index contributed by atoms with van der Waals surface area (Å²) in [6.45, 7) is 2.04. The summed E-state index contributed by atoms with van der Waals surface area (Å²) in [5, 5.41) is 3.37. The third-order valence-electron chi connectivity index (χ3n) is 2.23. The molecule has 0 unspecified atom stereocenters. The van der Waals surface area contributed by atoms with Gasteiger partial charge in [-0.1, -0.05) is 11.6 Å². The van der Waals surface area contributed by atoms with Crippen molar-refractivity contribution in [2.45, 2.75) is 25.3 Å². The number of hydrogen-bond acceptors (Lipinski definition) is 2. The van der Waals surface area contributed by atoms with Crippen LogP contribution in [0.25, 0.3) is 0 Å². The van der Waals surface area contributed by atoms with Crippen LogP contribution in [0.5, 0.6) is 0 Å². The highest BCUT2D eigenvalue weighted by Crippen LogP contribution is 2.38. The molecule has 0 aromatic carbocycles. The molecule has 1 saturated carbocycles. The van der Waals surface area contributed by atoms with Crippen LogP contribution in [0.2, 0.25) is 5.02 Å². The largest absolute Gasteiger partial charge is 0.362 e. The molecule has 0 saturated heterocycles. The smallest absolute Gasteiger partial charge is 0.166 e. The molecular weight excluding hydrogens is 191 g/mol. The van der Waals surface area contributed by atoms with E-state index >= 15 is 0 Å². The van der Waals surface area contributed by atoms with Gasteiger partial charge in [-0.3, -0.25) is 0 Å². The minimum atomic E-state index is -0.388. The number of pyridine rings is 1. The van der Waals surface area contributed by atoms with E-state index in [-0.39, 0.29) is 11.4 Å². The molecule has 2 rings (SSSR count). The normalized spacial score (nSPS) is 18.4. The van der Waals surface area contributed by atoms with Crippen molar-refractivity contribution in [2.75, 3.05) is 5.32 Å². The number of hydrogen-bond donors (Lipinski definition) is 1. The molecule has 1 aliphatic rings. The van der Waals surface area contributed by atoms with E-state index in [1.165, 1.54) is 12.3 Å². The molecule has 70 valence electrons. The van der Waals surface area contributed by atoms with Gasteiger partial charge in [0, 0.05) is 11.7 Å². The number of anilines is 1. The topological polar surface area (TPSA) is 24.9 Å². The number of nitrogens with zero attached hydrogens (tertiary/aromatic N) is 1. The van der Waals surface area contributed by atoms with Gasteiger partial charge in [0.1, 0.15) is 0 Å². The van der Waals surface area contributed by atoms with Gasteiger partial charge in [-0.05, 0) is 25.8 Å². The standard InChI is InChI=1S/C9H10ClFN2/c1-9(2-3-9)13-8-7(11)4-6(10)5-12-8/h4-5H,2-3H2,1H3,(H,12,13). The molecule has 13 heavy (non-hydrogen) atoms. The lowest BCUT2D eigenvalue weighted by atomic mass is 10.3. The van der Waals surface area contributed by atoms with Crippen molar-refractivity contribution >= 4 is 17.4 Å². The van der Waals surface area contributed by atoms with Crippen molar-refractivity contribution in [1.29, 1.82) is 0 Å². The fraction of sp³-hybridized carbons (Fsp3) is 0.444. The van der Waals surface area contributed by atoms with Crippen LogP contribution in [-0.2, 0) is 0 Å². The predicted molar refractivity (Wildman–Crippen MR) is 50.5 cm³/mol. The fourth-order valence-corrected chi connectivity index (χ4v) is 1.25. The van der Waals surface area contributed by atoms with Crippen molar-refractivity contribution in [3.63, 3.8) is 0 Å². The van der Waals surface area contributed by atoms with Crippen LogP contribution >= 0.6 is 11.6 Å².